The van der Waals surface area contributed by atoms with Crippen molar-refractivity contribution < 1.29 is 31.5 Å². The molecule has 1 aromatic carbocycles. The van der Waals surface area contributed by atoms with Crippen LogP contribution in [0.3, 0.4) is 0 Å². The second kappa shape index (κ2) is 14.9. The molecule has 0 spiro atoms. The summed E-state index contributed by atoms with van der Waals surface area (Å²) in [5.74, 6) is 2.20. The molecule has 2 rings (SSSR count). The number of benzene rings is 1. The van der Waals surface area contributed by atoms with E-state index in [2.05, 4.69) is 4.72 Å². The molecule has 0 saturated heterocycles. The summed E-state index contributed by atoms with van der Waals surface area (Å²) in [4.78, 5) is 0. The summed E-state index contributed by atoms with van der Waals surface area (Å²) >= 11 is 12.6. The Morgan fingerprint density at radius 3 is 2.00 bits per heavy atom. The van der Waals surface area contributed by atoms with Gasteiger partial charge in [0.2, 0.25) is 0 Å². The van der Waals surface area contributed by atoms with Crippen molar-refractivity contribution in [3.8, 4) is 11.5 Å². The number of rotatable bonds is 18. The van der Waals surface area contributed by atoms with Gasteiger partial charge >= 0.3 is 7.60 Å². The molecular weight excluding hydrogens is 544 g/mol. The van der Waals surface area contributed by atoms with Crippen LogP contribution < -0.4 is 14.2 Å². The van der Waals surface area contributed by atoms with Crippen molar-refractivity contribution in [3.63, 3.8) is 0 Å². The zero-order valence-electron chi connectivity index (χ0n) is 19.4. The first-order valence-electron chi connectivity index (χ1n) is 11.1. The molecule has 1 aromatic heterocycles. The van der Waals surface area contributed by atoms with Gasteiger partial charge in [0.25, 0.3) is 10.0 Å². The summed E-state index contributed by atoms with van der Waals surface area (Å²) in [6, 6.07) is 5.10. The number of fused-ring (bicyclic) bond motifs is 1. The highest BCUT2D eigenvalue weighted by atomic mass is 35.5. The number of ether oxygens (including phenoxy) is 2. The van der Waals surface area contributed by atoms with Crippen LogP contribution in [0.2, 0.25) is 0 Å². The van der Waals surface area contributed by atoms with Crippen LogP contribution >= 0.6 is 42.1 Å². The molecule has 0 aliphatic carbocycles. The van der Waals surface area contributed by atoms with Gasteiger partial charge in [0, 0.05) is 22.5 Å². The zero-order chi connectivity index (χ0) is 25.0. The van der Waals surface area contributed by atoms with Crippen LogP contribution in [0.1, 0.15) is 39.5 Å². The van der Waals surface area contributed by atoms with Gasteiger partial charge in [0.15, 0.2) is 11.5 Å². The van der Waals surface area contributed by atoms with Crippen LogP contribution in [0.5, 0.6) is 11.5 Å². The number of alkyl halides is 2. The number of nitrogens with one attached hydrogen (secondary N) is 1. The number of hydrogen-bond acceptors (Lipinski definition) is 8. The first-order valence-corrected chi connectivity index (χ1v) is 16.2. The monoisotopic (exact) mass is 575 g/mol. The molecule has 0 unspecified atom stereocenters. The Morgan fingerprint density at radius 1 is 0.912 bits per heavy atom. The Hall–Kier alpha value is -0.580. The molecule has 0 amide bonds. The Balaban J connectivity index is 2.26. The van der Waals surface area contributed by atoms with E-state index in [4.69, 9.17) is 41.7 Å². The lowest BCUT2D eigenvalue weighted by Crippen LogP contribution is -2.25. The van der Waals surface area contributed by atoms with Crippen LogP contribution in [0.4, 0.5) is 0 Å². The summed E-state index contributed by atoms with van der Waals surface area (Å²) in [6.07, 6.45) is 2.79. The van der Waals surface area contributed by atoms with Gasteiger partial charge in [-0.05, 0) is 57.0 Å². The average Bonchev–Trinajstić information content (AvgIpc) is 3.22. The van der Waals surface area contributed by atoms with Crippen LogP contribution in [-0.4, -0.2) is 52.9 Å². The lowest BCUT2D eigenvalue weighted by atomic mass is 10.2. The lowest BCUT2D eigenvalue weighted by molar-refractivity contribution is 0.219. The van der Waals surface area contributed by atoms with Crippen molar-refractivity contribution in [2.75, 3.05) is 44.5 Å². The third-order valence-electron chi connectivity index (χ3n) is 4.50. The Bertz CT molecular complexity index is 990. The highest BCUT2D eigenvalue weighted by Crippen LogP contribution is 2.47. The number of thiophene rings is 1. The maximum absolute atomic E-state index is 12.9. The van der Waals surface area contributed by atoms with E-state index in [-0.39, 0.29) is 17.4 Å². The van der Waals surface area contributed by atoms with Gasteiger partial charge in [-0.2, -0.15) is 4.72 Å². The fourth-order valence-electron chi connectivity index (χ4n) is 2.90. The predicted octanol–water partition coefficient (Wildman–Crippen LogP) is 6.20. The lowest BCUT2D eigenvalue weighted by Gasteiger charge is -2.17. The van der Waals surface area contributed by atoms with Crippen molar-refractivity contribution in [2.45, 2.75) is 43.7 Å². The van der Waals surface area contributed by atoms with Gasteiger partial charge in [-0.3, -0.25) is 4.57 Å². The molecule has 194 valence electrons. The largest absolute Gasteiger partial charge is 0.490 e. The van der Waals surface area contributed by atoms with Gasteiger partial charge in [-0.1, -0.05) is 0 Å². The smallest absolute Gasteiger partial charge is 0.345 e. The van der Waals surface area contributed by atoms with Crippen molar-refractivity contribution in [1.82, 2.24) is 4.72 Å². The number of hydrogen-bond donors (Lipinski definition) is 1. The molecular formula is C21H32Cl2NO7PS2. The summed E-state index contributed by atoms with van der Waals surface area (Å²) in [5.41, 5.74) is 0. The number of sulfonamides is 1. The quantitative estimate of drug-likeness (QED) is 0.128. The molecule has 2 aromatic rings. The van der Waals surface area contributed by atoms with Crippen LogP contribution in [0.15, 0.2) is 22.4 Å². The fourth-order valence-corrected chi connectivity index (χ4v) is 7.74. The fraction of sp³-hybridized carbons (Fsp3) is 0.619. The first kappa shape index (κ1) is 29.6. The average molecular weight is 577 g/mol. The molecule has 0 aliphatic rings. The highest BCUT2D eigenvalue weighted by molar-refractivity contribution is 7.92. The minimum absolute atomic E-state index is 0.0782. The van der Waals surface area contributed by atoms with Gasteiger partial charge in [0.1, 0.15) is 10.5 Å². The van der Waals surface area contributed by atoms with Crippen LogP contribution in [0, 0.1) is 0 Å². The van der Waals surface area contributed by atoms with Gasteiger partial charge in [-0.15, -0.1) is 34.5 Å². The molecule has 1 heterocycles. The van der Waals surface area contributed by atoms with E-state index in [0.29, 0.717) is 41.9 Å². The van der Waals surface area contributed by atoms with E-state index < -0.39 is 23.9 Å². The van der Waals surface area contributed by atoms with Gasteiger partial charge < -0.3 is 18.5 Å². The van der Waals surface area contributed by atoms with Crippen molar-refractivity contribution in [1.29, 1.82) is 0 Å². The van der Waals surface area contributed by atoms with E-state index in [1.807, 2.05) is 0 Å². The van der Waals surface area contributed by atoms with E-state index >= 15 is 0 Å². The molecule has 13 heteroatoms. The Morgan fingerprint density at radius 2 is 1.47 bits per heavy atom. The normalized spacial score (nSPS) is 12.4. The molecule has 0 saturated carbocycles. The Kier molecular flexibility index (Phi) is 13.0. The third kappa shape index (κ3) is 9.13. The summed E-state index contributed by atoms with van der Waals surface area (Å²) in [6.45, 7) is 4.55. The summed E-state index contributed by atoms with van der Waals surface area (Å²) < 4.78 is 63.7. The number of halogens is 2. The standard InChI is InChI=1S/C21H32Cl2NO7PS2/c1-3-30-32(25,31-4-2)16-24-34(26,27)21-14-17-13-18(28-11-7-5-9-22)19(15-20(17)33-21)29-12-8-6-10-23/h13-15,24H,3-12,16H2,1-2H3. The second-order valence-electron chi connectivity index (χ2n) is 7.14. The molecule has 0 bridgehead atoms. The first-order chi connectivity index (χ1) is 16.3. The third-order valence-corrected chi connectivity index (χ3v) is 10.1. The molecule has 0 fully saturated rings. The van der Waals surface area contributed by atoms with E-state index in [1.54, 1.807) is 32.0 Å². The summed E-state index contributed by atoms with van der Waals surface area (Å²) in [5, 5.41) is 0.698. The van der Waals surface area contributed by atoms with Crippen molar-refractivity contribution >= 4 is 62.2 Å². The van der Waals surface area contributed by atoms with Crippen molar-refractivity contribution in [3.05, 3.63) is 18.2 Å². The maximum atomic E-state index is 12.9. The van der Waals surface area contributed by atoms with Gasteiger partial charge in [0.05, 0.1) is 26.4 Å². The van der Waals surface area contributed by atoms with Gasteiger partial charge in [-0.25, -0.2) is 8.42 Å². The minimum Gasteiger partial charge on any atom is -0.490 e. The highest BCUT2D eigenvalue weighted by Gasteiger charge is 2.28. The maximum Gasteiger partial charge on any atom is 0.345 e. The van der Waals surface area contributed by atoms with E-state index in [0.717, 1.165) is 41.7 Å². The Labute approximate surface area is 215 Å². The molecule has 0 aliphatic heterocycles. The predicted molar refractivity (Wildman–Crippen MR) is 139 cm³/mol. The van der Waals surface area contributed by atoms with Crippen molar-refractivity contribution in [2.24, 2.45) is 0 Å². The van der Waals surface area contributed by atoms with E-state index in [1.165, 1.54) is 0 Å². The second-order valence-corrected chi connectivity index (χ2v) is 13.0. The molecule has 0 atom stereocenters. The molecule has 1 N–H and O–H groups in total. The molecule has 0 radical (unpaired) electrons. The van der Waals surface area contributed by atoms with E-state index in [9.17, 15) is 13.0 Å². The number of unbranched alkanes of at least 4 members (excludes halogenated alkanes) is 2. The van der Waals surface area contributed by atoms with Crippen LogP contribution in [0.25, 0.3) is 10.1 Å². The topological polar surface area (TPSA) is 100 Å². The SMILES string of the molecule is CCOP(=O)(CNS(=O)(=O)c1cc2cc(OCCCCCl)c(OCCCCCl)cc2s1)OCC. The van der Waals surface area contributed by atoms with Crippen LogP contribution in [-0.2, 0) is 23.6 Å². The summed E-state index contributed by atoms with van der Waals surface area (Å²) in [7, 11) is -7.51. The minimum atomic E-state index is -3.94. The zero-order valence-corrected chi connectivity index (χ0v) is 23.4. The molecule has 34 heavy (non-hydrogen) atoms. The molecule has 8 nitrogen and oxygen atoms in total.